The van der Waals surface area contributed by atoms with Crippen molar-refractivity contribution in [2.45, 2.75) is 30.9 Å². The minimum absolute atomic E-state index is 0.882. The lowest BCUT2D eigenvalue weighted by molar-refractivity contribution is 1.19. The van der Waals surface area contributed by atoms with Gasteiger partial charge in [0.1, 0.15) is 0 Å². The van der Waals surface area contributed by atoms with Crippen LogP contribution < -0.4 is 5.73 Å². The predicted octanol–water partition coefficient (Wildman–Crippen LogP) is 4.49. The maximum absolute atomic E-state index is 5.97. The fraction of sp³-hybridized carbons (Fsp3) is 0.286. The van der Waals surface area contributed by atoms with Crippen LogP contribution in [-0.2, 0) is 12.2 Å². The minimum atomic E-state index is 0.882. The fourth-order valence-corrected chi connectivity index (χ4v) is 3.67. The Balaban J connectivity index is 2.04. The molecule has 0 aliphatic carbocycles. The summed E-state index contributed by atoms with van der Waals surface area (Å²) >= 11 is 3.72. The number of hydrogen-bond acceptors (Lipinski definition) is 3. The standard InChI is InChI=1S/C14H17NS2/c1-3-11-5-6-12(17-11)9-16-14-8-10(2)4-7-13(14)15/h4-8H,3,9,15H2,1-2H3. The van der Waals surface area contributed by atoms with Crippen LogP contribution in [0.15, 0.2) is 35.2 Å². The highest BCUT2D eigenvalue weighted by atomic mass is 32.2. The summed E-state index contributed by atoms with van der Waals surface area (Å²) < 4.78 is 0. The van der Waals surface area contributed by atoms with E-state index in [1.807, 2.05) is 29.2 Å². The predicted molar refractivity (Wildman–Crippen MR) is 78.8 cm³/mol. The number of nitrogens with two attached hydrogens (primary N) is 1. The number of anilines is 1. The van der Waals surface area contributed by atoms with E-state index in [-0.39, 0.29) is 0 Å². The average molecular weight is 263 g/mol. The molecule has 0 saturated carbocycles. The monoisotopic (exact) mass is 263 g/mol. The molecule has 2 rings (SSSR count). The first-order valence-corrected chi connectivity index (χ1v) is 7.55. The van der Waals surface area contributed by atoms with Crippen molar-refractivity contribution in [3.8, 4) is 0 Å². The lowest BCUT2D eigenvalue weighted by Crippen LogP contribution is -1.89. The SMILES string of the molecule is CCc1ccc(CSc2cc(C)ccc2N)s1. The van der Waals surface area contributed by atoms with E-state index < -0.39 is 0 Å². The highest BCUT2D eigenvalue weighted by Crippen LogP contribution is 2.31. The third-order valence-electron chi connectivity index (χ3n) is 2.60. The van der Waals surface area contributed by atoms with Crippen LogP contribution in [0.5, 0.6) is 0 Å². The summed E-state index contributed by atoms with van der Waals surface area (Å²) in [6.45, 7) is 4.30. The molecule has 2 aromatic rings. The molecule has 0 aliphatic rings. The maximum Gasteiger partial charge on any atom is 0.0452 e. The number of thiophene rings is 1. The van der Waals surface area contributed by atoms with Crippen molar-refractivity contribution in [1.82, 2.24) is 0 Å². The summed E-state index contributed by atoms with van der Waals surface area (Å²) in [4.78, 5) is 4.07. The van der Waals surface area contributed by atoms with Crippen LogP contribution in [0.3, 0.4) is 0 Å². The Labute approximate surface area is 111 Å². The van der Waals surface area contributed by atoms with Crippen molar-refractivity contribution in [1.29, 1.82) is 0 Å². The first kappa shape index (κ1) is 12.5. The second kappa shape index (κ2) is 5.61. The number of aryl methyl sites for hydroxylation is 2. The van der Waals surface area contributed by atoms with Gasteiger partial charge in [0, 0.05) is 26.1 Å². The highest BCUT2D eigenvalue weighted by Gasteiger charge is 2.03. The van der Waals surface area contributed by atoms with E-state index >= 15 is 0 Å². The zero-order valence-electron chi connectivity index (χ0n) is 10.2. The Morgan fingerprint density at radius 3 is 2.65 bits per heavy atom. The van der Waals surface area contributed by atoms with Crippen LogP contribution in [0.1, 0.15) is 22.2 Å². The summed E-state index contributed by atoms with van der Waals surface area (Å²) in [5.41, 5.74) is 8.12. The van der Waals surface area contributed by atoms with Crippen LogP contribution in [0.4, 0.5) is 5.69 Å². The second-order valence-electron chi connectivity index (χ2n) is 4.05. The second-order valence-corrected chi connectivity index (χ2v) is 6.32. The Kier molecular flexibility index (Phi) is 4.13. The van der Waals surface area contributed by atoms with Gasteiger partial charge in [-0.3, -0.25) is 0 Å². The summed E-state index contributed by atoms with van der Waals surface area (Å²) in [5, 5.41) is 0. The van der Waals surface area contributed by atoms with Gasteiger partial charge in [-0.15, -0.1) is 23.1 Å². The lowest BCUT2D eigenvalue weighted by atomic mass is 10.2. The third-order valence-corrected chi connectivity index (χ3v) is 5.14. The molecule has 2 N–H and O–H groups in total. The molecule has 0 amide bonds. The van der Waals surface area contributed by atoms with Gasteiger partial charge in [-0.25, -0.2) is 0 Å². The van der Waals surface area contributed by atoms with Crippen LogP contribution >= 0.6 is 23.1 Å². The van der Waals surface area contributed by atoms with Crippen LogP contribution in [0.2, 0.25) is 0 Å². The van der Waals surface area contributed by atoms with Crippen LogP contribution in [0, 0.1) is 6.92 Å². The zero-order valence-corrected chi connectivity index (χ0v) is 11.8. The number of nitrogen functional groups attached to an aromatic ring is 1. The molecule has 0 atom stereocenters. The number of benzene rings is 1. The van der Waals surface area contributed by atoms with E-state index in [9.17, 15) is 0 Å². The first-order valence-electron chi connectivity index (χ1n) is 5.75. The van der Waals surface area contributed by atoms with Crippen molar-refractivity contribution < 1.29 is 0 Å². The molecule has 0 aliphatic heterocycles. The third kappa shape index (κ3) is 3.27. The summed E-state index contributed by atoms with van der Waals surface area (Å²) in [6, 6.07) is 10.7. The largest absolute Gasteiger partial charge is 0.398 e. The molecule has 0 fully saturated rings. The molecular formula is C14H17NS2. The van der Waals surface area contributed by atoms with Gasteiger partial charge in [0.15, 0.2) is 0 Å². The van der Waals surface area contributed by atoms with Crippen molar-refractivity contribution >= 4 is 28.8 Å². The molecule has 1 aromatic carbocycles. The van der Waals surface area contributed by atoms with E-state index in [2.05, 4.69) is 38.1 Å². The molecule has 0 radical (unpaired) electrons. The number of hydrogen-bond donors (Lipinski definition) is 1. The van der Waals surface area contributed by atoms with Crippen molar-refractivity contribution in [3.63, 3.8) is 0 Å². The molecular weight excluding hydrogens is 246 g/mol. The van der Waals surface area contributed by atoms with E-state index in [0.717, 1.165) is 17.9 Å². The van der Waals surface area contributed by atoms with Crippen molar-refractivity contribution in [2.75, 3.05) is 5.73 Å². The highest BCUT2D eigenvalue weighted by molar-refractivity contribution is 7.98. The van der Waals surface area contributed by atoms with Gasteiger partial charge < -0.3 is 5.73 Å². The number of thioether (sulfide) groups is 1. The molecule has 1 aromatic heterocycles. The van der Waals surface area contributed by atoms with E-state index in [1.54, 1.807) is 0 Å². The first-order chi connectivity index (χ1) is 8.19. The minimum Gasteiger partial charge on any atom is -0.398 e. The van der Waals surface area contributed by atoms with Gasteiger partial charge in [0.2, 0.25) is 0 Å². The summed E-state index contributed by atoms with van der Waals surface area (Å²) in [7, 11) is 0. The Bertz CT molecular complexity index is 503. The van der Waals surface area contributed by atoms with Crippen LogP contribution in [-0.4, -0.2) is 0 Å². The maximum atomic E-state index is 5.97. The molecule has 1 nitrogen and oxygen atoms in total. The van der Waals surface area contributed by atoms with E-state index in [0.29, 0.717) is 0 Å². The van der Waals surface area contributed by atoms with Crippen molar-refractivity contribution in [3.05, 3.63) is 45.6 Å². The van der Waals surface area contributed by atoms with Gasteiger partial charge in [-0.2, -0.15) is 0 Å². The van der Waals surface area contributed by atoms with Gasteiger partial charge in [0.05, 0.1) is 0 Å². The molecule has 0 spiro atoms. The molecule has 0 bridgehead atoms. The van der Waals surface area contributed by atoms with Crippen LogP contribution in [0.25, 0.3) is 0 Å². The molecule has 90 valence electrons. The van der Waals surface area contributed by atoms with Gasteiger partial charge in [-0.1, -0.05) is 13.0 Å². The van der Waals surface area contributed by atoms with Gasteiger partial charge >= 0.3 is 0 Å². The fourth-order valence-electron chi connectivity index (χ4n) is 1.61. The quantitative estimate of drug-likeness (QED) is 0.649. The Morgan fingerprint density at radius 1 is 1.18 bits per heavy atom. The molecule has 0 saturated heterocycles. The molecule has 17 heavy (non-hydrogen) atoms. The summed E-state index contributed by atoms with van der Waals surface area (Å²) in [6.07, 6.45) is 1.13. The lowest BCUT2D eigenvalue weighted by Gasteiger charge is -2.05. The van der Waals surface area contributed by atoms with Crippen molar-refractivity contribution in [2.24, 2.45) is 0 Å². The number of rotatable bonds is 4. The Morgan fingerprint density at radius 2 is 1.94 bits per heavy atom. The van der Waals surface area contributed by atoms with Gasteiger partial charge in [0.25, 0.3) is 0 Å². The van der Waals surface area contributed by atoms with Gasteiger partial charge in [-0.05, 0) is 43.2 Å². The smallest absolute Gasteiger partial charge is 0.0452 e. The molecule has 0 unspecified atom stereocenters. The average Bonchev–Trinajstić information content (AvgIpc) is 2.78. The normalized spacial score (nSPS) is 10.7. The summed E-state index contributed by atoms with van der Waals surface area (Å²) in [5.74, 6) is 1.01. The zero-order chi connectivity index (χ0) is 12.3. The topological polar surface area (TPSA) is 26.0 Å². The molecule has 3 heteroatoms. The Hall–Kier alpha value is -0.930. The van der Waals surface area contributed by atoms with E-state index in [4.69, 9.17) is 5.73 Å². The molecule has 1 heterocycles. The van der Waals surface area contributed by atoms with E-state index in [1.165, 1.54) is 20.2 Å².